The van der Waals surface area contributed by atoms with Crippen LogP contribution < -0.4 is 11.1 Å². The highest BCUT2D eigenvalue weighted by molar-refractivity contribution is 7.81. The van der Waals surface area contributed by atoms with E-state index in [1.165, 1.54) is 0 Å². The highest BCUT2D eigenvalue weighted by atomic mass is 32.1. The van der Waals surface area contributed by atoms with E-state index >= 15 is 0 Å². The quantitative estimate of drug-likeness (QED) is 0.262. The van der Waals surface area contributed by atoms with Gasteiger partial charge in [-0.1, -0.05) is 6.42 Å². The summed E-state index contributed by atoms with van der Waals surface area (Å²) in [7, 11) is 0. The van der Waals surface area contributed by atoms with Crippen molar-refractivity contribution in [1.29, 1.82) is 0 Å². The molecule has 124 valence electrons. The summed E-state index contributed by atoms with van der Waals surface area (Å²) in [6.45, 7) is 0.583. The second-order valence-electron chi connectivity index (χ2n) is 5.20. The molecule has 0 aromatic heterocycles. The van der Waals surface area contributed by atoms with Crippen molar-refractivity contribution in [2.75, 3.05) is 12.3 Å². The van der Waals surface area contributed by atoms with Crippen LogP contribution in [0.2, 0.25) is 0 Å². The predicted molar refractivity (Wildman–Crippen MR) is 92.2 cm³/mol. The summed E-state index contributed by atoms with van der Waals surface area (Å²) in [5.74, 6) is -0.0675. The molecule has 0 aromatic rings. The summed E-state index contributed by atoms with van der Waals surface area (Å²) in [6.07, 6.45) is 6.34. The summed E-state index contributed by atoms with van der Waals surface area (Å²) in [5, 5.41) is 11.8. The number of unbranched alkanes of at least 4 members (excludes halogenated alkanes) is 2. The third-order valence-electron chi connectivity index (χ3n) is 3.23. The van der Waals surface area contributed by atoms with Crippen LogP contribution in [0.3, 0.4) is 0 Å². The first-order chi connectivity index (χ1) is 9.97. The Balaban J connectivity index is 3.41. The molecule has 1 amide bonds. The molecule has 0 saturated carbocycles. The van der Waals surface area contributed by atoms with Gasteiger partial charge in [0, 0.05) is 18.2 Å². The molecule has 4 N–H and O–H groups in total. The molecule has 0 aliphatic heterocycles. The van der Waals surface area contributed by atoms with Gasteiger partial charge in [-0.15, -0.1) is 0 Å². The van der Waals surface area contributed by atoms with E-state index in [1.54, 1.807) is 0 Å². The summed E-state index contributed by atoms with van der Waals surface area (Å²) in [5.41, 5.74) is 5.39. The van der Waals surface area contributed by atoms with Crippen molar-refractivity contribution in [3.8, 4) is 0 Å². The van der Waals surface area contributed by atoms with Gasteiger partial charge in [0.2, 0.25) is 5.91 Å². The molecular formula is C14H28N2O3S2. The molecule has 0 spiro atoms. The van der Waals surface area contributed by atoms with Gasteiger partial charge in [0.25, 0.3) is 0 Å². The molecule has 0 aliphatic carbocycles. The van der Waals surface area contributed by atoms with Crippen molar-refractivity contribution in [3.63, 3.8) is 0 Å². The first-order valence-electron chi connectivity index (χ1n) is 7.51. The number of amides is 1. The van der Waals surface area contributed by atoms with Gasteiger partial charge in [-0.05, 0) is 44.3 Å². The van der Waals surface area contributed by atoms with Crippen molar-refractivity contribution >= 4 is 37.1 Å². The number of nitrogens with two attached hydrogens (primary N) is 1. The average molecular weight is 337 g/mol. The SMILES string of the molecule is N[C@@H](CCCCNC(=O)CCCCC(S)CCS)C(=O)O. The molecule has 0 fully saturated rings. The van der Waals surface area contributed by atoms with E-state index in [1.807, 2.05) is 0 Å². The fourth-order valence-corrected chi connectivity index (χ4v) is 2.71. The maximum absolute atomic E-state index is 11.6. The van der Waals surface area contributed by atoms with Crippen LogP contribution >= 0.6 is 25.3 Å². The normalized spacial score (nSPS) is 13.7. The number of thiol groups is 2. The van der Waals surface area contributed by atoms with Crippen LogP contribution in [0.4, 0.5) is 0 Å². The fraction of sp³-hybridized carbons (Fsp3) is 0.857. The van der Waals surface area contributed by atoms with Crippen LogP contribution in [0.1, 0.15) is 51.4 Å². The Kier molecular flexibility index (Phi) is 13.0. The van der Waals surface area contributed by atoms with Crippen LogP contribution in [-0.2, 0) is 9.59 Å². The third-order valence-corrected chi connectivity index (χ3v) is 4.01. The zero-order valence-corrected chi connectivity index (χ0v) is 14.3. The Hall–Kier alpha value is -0.400. The van der Waals surface area contributed by atoms with Gasteiger partial charge >= 0.3 is 5.97 Å². The Morgan fingerprint density at radius 1 is 1.10 bits per heavy atom. The van der Waals surface area contributed by atoms with Crippen molar-refractivity contribution < 1.29 is 14.7 Å². The molecule has 2 atom stereocenters. The minimum Gasteiger partial charge on any atom is -0.480 e. The lowest BCUT2D eigenvalue weighted by Crippen LogP contribution is -2.30. The number of carbonyl (C=O) groups excluding carboxylic acids is 1. The standard InChI is InChI=1S/C14H28N2O3S2/c15-12(14(18)19)6-3-4-9-16-13(17)7-2-1-5-11(21)8-10-20/h11-12,20-21H,1-10,15H2,(H,16,17)(H,18,19)/t11?,12-/m0/s1. The van der Waals surface area contributed by atoms with Crippen LogP contribution in [0.15, 0.2) is 0 Å². The molecule has 0 aromatic carbocycles. The second kappa shape index (κ2) is 13.3. The number of aliphatic carboxylic acids is 1. The molecule has 7 heteroatoms. The monoisotopic (exact) mass is 336 g/mol. The van der Waals surface area contributed by atoms with Crippen molar-refractivity contribution in [3.05, 3.63) is 0 Å². The molecule has 0 heterocycles. The number of hydrogen-bond donors (Lipinski definition) is 5. The van der Waals surface area contributed by atoms with Crippen LogP contribution in [-0.4, -0.2) is 40.6 Å². The van der Waals surface area contributed by atoms with Gasteiger partial charge in [-0.25, -0.2) is 0 Å². The van der Waals surface area contributed by atoms with Crippen LogP contribution in [0.5, 0.6) is 0 Å². The van der Waals surface area contributed by atoms with Gasteiger partial charge in [0.05, 0.1) is 0 Å². The first kappa shape index (κ1) is 20.6. The van der Waals surface area contributed by atoms with Gasteiger partial charge in [0.1, 0.15) is 6.04 Å². The summed E-state index contributed by atoms with van der Waals surface area (Å²) >= 11 is 8.61. The first-order valence-corrected chi connectivity index (χ1v) is 8.66. The van der Waals surface area contributed by atoms with E-state index in [2.05, 4.69) is 30.6 Å². The number of nitrogens with one attached hydrogen (secondary N) is 1. The molecule has 0 bridgehead atoms. The van der Waals surface area contributed by atoms with E-state index in [0.29, 0.717) is 31.1 Å². The molecule has 0 aliphatic rings. The topological polar surface area (TPSA) is 92.4 Å². The van der Waals surface area contributed by atoms with Crippen LogP contribution in [0, 0.1) is 0 Å². The number of carboxylic acid groups (broad SMARTS) is 1. The Morgan fingerprint density at radius 3 is 2.38 bits per heavy atom. The number of carbonyl (C=O) groups is 2. The largest absolute Gasteiger partial charge is 0.480 e. The molecule has 5 nitrogen and oxygen atoms in total. The maximum atomic E-state index is 11.6. The van der Waals surface area contributed by atoms with Gasteiger partial charge < -0.3 is 16.2 Å². The number of carboxylic acids is 1. The Labute approximate surface area is 138 Å². The van der Waals surface area contributed by atoms with E-state index in [9.17, 15) is 9.59 Å². The number of hydrogen-bond acceptors (Lipinski definition) is 5. The fourth-order valence-electron chi connectivity index (χ4n) is 1.89. The van der Waals surface area contributed by atoms with E-state index < -0.39 is 12.0 Å². The average Bonchev–Trinajstić information content (AvgIpc) is 2.43. The lowest BCUT2D eigenvalue weighted by molar-refractivity contribution is -0.138. The minimum atomic E-state index is -0.973. The zero-order valence-electron chi connectivity index (χ0n) is 12.5. The molecule has 1 unspecified atom stereocenters. The Morgan fingerprint density at radius 2 is 1.76 bits per heavy atom. The minimum absolute atomic E-state index is 0.0578. The van der Waals surface area contributed by atoms with E-state index in [4.69, 9.17) is 10.8 Å². The lowest BCUT2D eigenvalue weighted by Gasteiger charge is -2.09. The molecule has 0 radical (unpaired) electrons. The van der Waals surface area contributed by atoms with Gasteiger partial charge in [0.15, 0.2) is 0 Å². The third kappa shape index (κ3) is 13.0. The maximum Gasteiger partial charge on any atom is 0.320 e. The molecular weight excluding hydrogens is 308 g/mol. The Bertz CT molecular complexity index is 304. The smallest absolute Gasteiger partial charge is 0.320 e. The van der Waals surface area contributed by atoms with E-state index in [0.717, 1.165) is 37.9 Å². The lowest BCUT2D eigenvalue weighted by atomic mass is 10.1. The van der Waals surface area contributed by atoms with Gasteiger partial charge in [-0.2, -0.15) is 25.3 Å². The van der Waals surface area contributed by atoms with E-state index in [-0.39, 0.29) is 5.91 Å². The summed E-state index contributed by atoms with van der Waals surface area (Å²) in [4.78, 5) is 22.1. The highest BCUT2D eigenvalue weighted by Gasteiger charge is 2.10. The van der Waals surface area contributed by atoms with Crippen LogP contribution in [0.25, 0.3) is 0 Å². The van der Waals surface area contributed by atoms with Crippen molar-refractivity contribution in [2.24, 2.45) is 5.73 Å². The highest BCUT2D eigenvalue weighted by Crippen LogP contribution is 2.12. The molecule has 0 saturated heterocycles. The predicted octanol–water partition coefficient (Wildman–Crippen LogP) is 1.86. The van der Waals surface area contributed by atoms with Crippen molar-refractivity contribution in [2.45, 2.75) is 62.7 Å². The summed E-state index contributed by atoms with van der Waals surface area (Å²) in [6, 6.07) is -0.799. The molecule has 21 heavy (non-hydrogen) atoms. The zero-order chi connectivity index (χ0) is 16.1. The number of rotatable bonds is 13. The molecule has 0 rings (SSSR count). The van der Waals surface area contributed by atoms with Gasteiger partial charge in [-0.3, -0.25) is 9.59 Å². The second-order valence-corrected chi connectivity index (χ2v) is 6.38. The van der Waals surface area contributed by atoms with Crippen molar-refractivity contribution in [1.82, 2.24) is 5.32 Å². The summed E-state index contributed by atoms with van der Waals surface area (Å²) < 4.78 is 0.